The van der Waals surface area contributed by atoms with Crippen LogP contribution in [0.3, 0.4) is 0 Å². The summed E-state index contributed by atoms with van der Waals surface area (Å²) in [6.45, 7) is 5.04. The van der Waals surface area contributed by atoms with E-state index in [2.05, 4.69) is 14.8 Å². The highest BCUT2D eigenvalue weighted by Crippen LogP contribution is 2.36. The molecule has 0 amide bonds. The van der Waals surface area contributed by atoms with E-state index in [1.807, 2.05) is 4.90 Å². The van der Waals surface area contributed by atoms with Crippen LogP contribution in [0.4, 0.5) is 35.1 Å². The summed E-state index contributed by atoms with van der Waals surface area (Å²) in [6, 6.07) is 8.55. The normalized spacial score (nSPS) is 17.1. The summed E-state index contributed by atoms with van der Waals surface area (Å²) in [5.41, 5.74) is 0.451. The number of rotatable bonds is 6. The number of aliphatic hydroxyl groups is 1. The summed E-state index contributed by atoms with van der Waals surface area (Å²) in [6.07, 6.45) is -3.12. The average Bonchev–Trinajstić information content (AvgIpc) is 2.94. The Morgan fingerprint density at radius 2 is 1.56 bits per heavy atom. The Bertz CT molecular complexity index is 1300. The first-order chi connectivity index (χ1) is 18.7. The van der Waals surface area contributed by atoms with Crippen LogP contribution < -0.4 is 14.7 Å². The molecule has 2 aliphatic heterocycles. The number of anilines is 3. The minimum absolute atomic E-state index is 0.0173. The standard InChI is InChI=1S/C26H28ClF4N7O/c27-20-16-18(3-4-21(20)28)22-17-23(34-25(33-22)38-8-6-35(7-9-38)14-15-39)36-10-12-37(13-11-36)24-19(26(29,30)31)2-1-5-32-24/h1-5,16-17,39H,6-15H2. The van der Waals surface area contributed by atoms with Crippen molar-refractivity contribution in [1.82, 2.24) is 19.9 Å². The highest BCUT2D eigenvalue weighted by atomic mass is 35.5. The second kappa shape index (κ2) is 11.5. The predicted molar refractivity (Wildman–Crippen MR) is 142 cm³/mol. The third kappa shape index (κ3) is 6.18. The van der Waals surface area contributed by atoms with E-state index in [1.54, 1.807) is 17.0 Å². The quantitative estimate of drug-likeness (QED) is 0.453. The van der Waals surface area contributed by atoms with Crippen molar-refractivity contribution in [3.8, 4) is 11.3 Å². The number of hydrogen-bond donors (Lipinski definition) is 1. The Morgan fingerprint density at radius 1 is 0.872 bits per heavy atom. The molecule has 4 heterocycles. The zero-order valence-corrected chi connectivity index (χ0v) is 21.8. The van der Waals surface area contributed by atoms with Gasteiger partial charge in [-0.05, 0) is 30.3 Å². The molecule has 2 aromatic heterocycles. The number of halogens is 5. The lowest BCUT2D eigenvalue weighted by Gasteiger charge is -2.38. The highest BCUT2D eigenvalue weighted by molar-refractivity contribution is 6.31. The van der Waals surface area contributed by atoms with E-state index < -0.39 is 17.6 Å². The van der Waals surface area contributed by atoms with E-state index in [9.17, 15) is 22.7 Å². The van der Waals surface area contributed by atoms with Crippen molar-refractivity contribution < 1.29 is 22.7 Å². The number of alkyl halides is 3. The lowest BCUT2D eigenvalue weighted by atomic mass is 10.1. The largest absolute Gasteiger partial charge is 0.419 e. The molecule has 2 fully saturated rings. The van der Waals surface area contributed by atoms with Crippen molar-refractivity contribution in [1.29, 1.82) is 0 Å². The molecule has 5 rings (SSSR count). The molecular weight excluding hydrogens is 538 g/mol. The van der Waals surface area contributed by atoms with Crippen LogP contribution in [0, 0.1) is 5.82 Å². The summed E-state index contributed by atoms with van der Waals surface area (Å²) in [5.74, 6) is 0.539. The first-order valence-corrected chi connectivity index (χ1v) is 13.1. The second-order valence-electron chi connectivity index (χ2n) is 9.44. The van der Waals surface area contributed by atoms with E-state index in [0.717, 1.165) is 19.2 Å². The summed E-state index contributed by atoms with van der Waals surface area (Å²) in [7, 11) is 0. The Labute approximate surface area is 228 Å². The maximum Gasteiger partial charge on any atom is 0.419 e. The summed E-state index contributed by atoms with van der Waals surface area (Å²) in [4.78, 5) is 21.5. The van der Waals surface area contributed by atoms with Gasteiger partial charge >= 0.3 is 6.18 Å². The molecule has 13 heteroatoms. The fourth-order valence-electron chi connectivity index (χ4n) is 4.86. The van der Waals surface area contributed by atoms with Gasteiger partial charge in [-0.3, -0.25) is 4.90 Å². The first-order valence-electron chi connectivity index (χ1n) is 12.7. The number of piperazine rings is 2. The Morgan fingerprint density at radius 3 is 2.23 bits per heavy atom. The number of nitrogens with zero attached hydrogens (tertiary/aromatic N) is 7. The van der Waals surface area contributed by atoms with Crippen LogP contribution in [-0.2, 0) is 6.18 Å². The number of β-amino-alcohol motifs (C(OH)–C–C–N with tert-alkyl or cyclic N) is 1. The third-order valence-electron chi connectivity index (χ3n) is 6.98. The van der Waals surface area contributed by atoms with Crippen LogP contribution >= 0.6 is 11.6 Å². The molecule has 0 unspecified atom stereocenters. The maximum absolute atomic E-state index is 13.8. The van der Waals surface area contributed by atoms with E-state index in [0.29, 0.717) is 68.8 Å². The van der Waals surface area contributed by atoms with Crippen LogP contribution in [0.25, 0.3) is 11.3 Å². The molecule has 0 atom stereocenters. The molecule has 39 heavy (non-hydrogen) atoms. The van der Waals surface area contributed by atoms with Crippen molar-refractivity contribution in [3.05, 3.63) is 59.0 Å². The van der Waals surface area contributed by atoms with Crippen LogP contribution in [0.1, 0.15) is 5.56 Å². The molecule has 0 radical (unpaired) electrons. The third-order valence-corrected chi connectivity index (χ3v) is 7.27. The maximum atomic E-state index is 13.8. The van der Waals surface area contributed by atoms with E-state index in [1.165, 1.54) is 24.4 Å². The van der Waals surface area contributed by atoms with Gasteiger partial charge in [0.05, 0.1) is 22.9 Å². The minimum atomic E-state index is -4.49. The molecule has 1 aromatic carbocycles. The molecule has 8 nitrogen and oxygen atoms in total. The monoisotopic (exact) mass is 565 g/mol. The Kier molecular flexibility index (Phi) is 8.06. The van der Waals surface area contributed by atoms with E-state index in [4.69, 9.17) is 21.6 Å². The van der Waals surface area contributed by atoms with Crippen molar-refractivity contribution in [2.75, 3.05) is 80.2 Å². The van der Waals surface area contributed by atoms with Gasteiger partial charge in [0, 0.05) is 76.7 Å². The van der Waals surface area contributed by atoms with Crippen molar-refractivity contribution in [3.63, 3.8) is 0 Å². The summed E-state index contributed by atoms with van der Waals surface area (Å²) in [5, 5.41) is 9.23. The molecule has 1 N–H and O–H groups in total. The number of benzene rings is 1. The first kappa shape index (κ1) is 27.4. The molecule has 3 aromatic rings. The lowest BCUT2D eigenvalue weighted by Crippen LogP contribution is -2.49. The average molecular weight is 566 g/mol. The van der Waals surface area contributed by atoms with Gasteiger partial charge in [0.25, 0.3) is 0 Å². The molecule has 2 saturated heterocycles. The smallest absolute Gasteiger partial charge is 0.395 e. The van der Waals surface area contributed by atoms with Crippen LogP contribution in [0.15, 0.2) is 42.6 Å². The zero-order valence-electron chi connectivity index (χ0n) is 21.1. The molecule has 0 bridgehead atoms. The summed E-state index contributed by atoms with van der Waals surface area (Å²) >= 11 is 6.05. The van der Waals surface area contributed by atoms with E-state index in [-0.39, 0.29) is 17.4 Å². The Balaban J connectivity index is 1.41. The van der Waals surface area contributed by atoms with Crippen molar-refractivity contribution >= 4 is 29.2 Å². The minimum Gasteiger partial charge on any atom is -0.395 e. The molecule has 208 valence electrons. The van der Waals surface area contributed by atoms with Crippen LogP contribution in [-0.4, -0.2) is 90.5 Å². The highest BCUT2D eigenvalue weighted by Gasteiger charge is 2.36. The van der Waals surface area contributed by atoms with Crippen LogP contribution in [0.5, 0.6) is 0 Å². The van der Waals surface area contributed by atoms with E-state index >= 15 is 0 Å². The lowest BCUT2D eigenvalue weighted by molar-refractivity contribution is -0.137. The number of aromatic nitrogens is 3. The molecule has 2 aliphatic rings. The Hall–Kier alpha value is -3.22. The summed E-state index contributed by atoms with van der Waals surface area (Å²) < 4.78 is 54.5. The van der Waals surface area contributed by atoms with Gasteiger partial charge in [-0.15, -0.1) is 0 Å². The van der Waals surface area contributed by atoms with Gasteiger partial charge in [0.2, 0.25) is 5.95 Å². The van der Waals surface area contributed by atoms with Gasteiger partial charge in [-0.1, -0.05) is 11.6 Å². The number of pyridine rings is 1. The molecular formula is C26H28ClF4N7O. The number of aliphatic hydroxyl groups excluding tert-OH is 1. The van der Waals surface area contributed by atoms with Gasteiger partial charge < -0.3 is 19.8 Å². The van der Waals surface area contributed by atoms with Gasteiger partial charge in [-0.25, -0.2) is 14.4 Å². The zero-order chi connectivity index (χ0) is 27.6. The fourth-order valence-corrected chi connectivity index (χ4v) is 5.04. The second-order valence-corrected chi connectivity index (χ2v) is 9.85. The fraction of sp³-hybridized carbons (Fsp3) is 0.423. The molecule has 0 saturated carbocycles. The number of hydrogen-bond acceptors (Lipinski definition) is 8. The van der Waals surface area contributed by atoms with Gasteiger partial charge in [0.1, 0.15) is 17.5 Å². The predicted octanol–water partition coefficient (Wildman–Crippen LogP) is 3.79. The topological polar surface area (TPSA) is 71.9 Å². The van der Waals surface area contributed by atoms with Crippen LogP contribution in [0.2, 0.25) is 5.02 Å². The van der Waals surface area contributed by atoms with Crippen molar-refractivity contribution in [2.45, 2.75) is 6.18 Å². The SMILES string of the molecule is OCCN1CCN(c2nc(-c3ccc(F)c(Cl)c3)cc(N3CCN(c4ncccc4C(F)(F)F)CC3)n2)CC1. The molecule has 0 spiro atoms. The van der Waals surface area contributed by atoms with Gasteiger partial charge in [-0.2, -0.15) is 18.2 Å². The van der Waals surface area contributed by atoms with Crippen molar-refractivity contribution in [2.24, 2.45) is 0 Å². The van der Waals surface area contributed by atoms with Gasteiger partial charge in [0.15, 0.2) is 0 Å². The molecule has 0 aliphatic carbocycles.